The summed E-state index contributed by atoms with van der Waals surface area (Å²) in [6, 6.07) is 11.3. The first-order chi connectivity index (χ1) is 10.8. The van der Waals surface area contributed by atoms with Crippen LogP contribution in [0.1, 0.15) is 35.1 Å². The predicted molar refractivity (Wildman–Crippen MR) is 81.5 cm³/mol. The number of para-hydroxylation sites is 1. The quantitative estimate of drug-likeness (QED) is 0.946. The first-order valence-corrected chi connectivity index (χ1v) is 7.64. The second kappa shape index (κ2) is 5.50. The first kappa shape index (κ1) is 13.4. The molecular weight excluding hydrogens is 280 g/mol. The maximum atomic E-state index is 12.9. The van der Waals surface area contributed by atoms with E-state index in [1.807, 2.05) is 41.3 Å². The van der Waals surface area contributed by atoms with Crippen LogP contribution in [0.15, 0.2) is 47.1 Å². The average Bonchev–Trinajstić information content (AvgIpc) is 3.23. The van der Waals surface area contributed by atoms with Gasteiger partial charge in [-0.2, -0.15) is 0 Å². The molecule has 22 heavy (non-hydrogen) atoms. The van der Waals surface area contributed by atoms with Gasteiger partial charge in [-0.1, -0.05) is 12.1 Å². The second-order valence-electron chi connectivity index (χ2n) is 5.70. The number of anilines is 1. The molecule has 3 heterocycles. The van der Waals surface area contributed by atoms with E-state index in [0.29, 0.717) is 12.1 Å². The lowest BCUT2D eigenvalue weighted by Crippen LogP contribution is -2.46. The monoisotopic (exact) mass is 298 g/mol. The van der Waals surface area contributed by atoms with Crippen LogP contribution in [0, 0.1) is 0 Å². The van der Waals surface area contributed by atoms with E-state index in [1.165, 1.54) is 0 Å². The number of ether oxygens (including phenoxy) is 1. The van der Waals surface area contributed by atoms with Gasteiger partial charge >= 0.3 is 0 Å². The van der Waals surface area contributed by atoms with Gasteiger partial charge in [0.2, 0.25) is 0 Å². The van der Waals surface area contributed by atoms with Crippen molar-refractivity contribution in [3.8, 4) is 0 Å². The van der Waals surface area contributed by atoms with Gasteiger partial charge in [0.15, 0.2) is 6.17 Å². The number of rotatable bonds is 3. The Morgan fingerprint density at radius 2 is 2.14 bits per heavy atom. The van der Waals surface area contributed by atoms with Crippen molar-refractivity contribution in [2.75, 3.05) is 18.5 Å². The van der Waals surface area contributed by atoms with E-state index in [9.17, 15) is 4.79 Å². The zero-order valence-corrected chi connectivity index (χ0v) is 12.2. The molecule has 1 saturated heterocycles. The van der Waals surface area contributed by atoms with Crippen LogP contribution in [-0.2, 0) is 4.74 Å². The lowest BCUT2D eigenvalue weighted by Gasteiger charge is -2.37. The molecule has 1 fully saturated rings. The Morgan fingerprint density at radius 3 is 2.91 bits per heavy atom. The normalized spacial score (nSPS) is 24.2. The molecule has 2 atom stereocenters. The van der Waals surface area contributed by atoms with Gasteiger partial charge in [0.25, 0.3) is 5.91 Å². The van der Waals surface area contributed by atoms with Crippen molar-refractivity contribution in [2.45, 2.75) is 25.1 Å². The summed E-state index contributed by atoms with van der Waals surface area (Å²) in [7, 11) is 0. The molecule has 1 amide bonds. The van der Waals surface area contributed by atoms with Crippen LogP contribution in [-0.4, -0.2) is 30.1 Å². The van der Waals surface area contributed by atoms with Crippen molar-refractivity contribution in [1.82, 2.24) is 4.90 Å². The summed E-state index contributed by atoms with van der Waals surface area (Å²) in [6.45, 7) is 1.35. The fourth-order valence-corrected chi connectivity index (χ4v) is 3.16. The van der Waals surface area contributed by atoms with E-state index in [1.54, 1.807) is 6.26 Å². The van der Waals surface area contributed by atoms with Gasteiger partial charge in [0, 0.05) is 18.8 Å². The highest BCUT2D eigenvalue weighted by Crippen LogP contribution is 2.34. The Morgan fingerprint density at radius 1 is 1.23 bits per heavy atom. The Balaban J connectivity index is 1.69. The highest BCUT2D eigenvalue weighted by molar-refractivity contribution is 6.01. The SMILES string of the molecule is O=C1c2ccccc2N[C@H](c2ccco2)N1C[C@@H]1CCCO1. The number of carbonyl (C=O) groups excluding carboxylic acids is 1. The van der Waals surface area contributed by atoms with E-state index in [0.717, 1.165) is 30.9 Å². The van der Waals surface area contributed by atoms with E-state index < -0.39 is 0 Å². The standard InChI is InChI=1S/C17H18N2O3/c20-17-13-6-1-2-7-14(13)18-16(15-8-4-10-22-15)19(17)11-12-5-3-9-21-12/h1-2,4,6-8,10,12,16,18H,3,5,9,11H2/t12-,16-/m0/s1. The fourth-order valence-electron chi connectivity index (χ4n) is 3.16. The maximum Gasteiger partial charge on any atom is 0.258 e. The third-order valence-electron chi connectivity index (χ3n) is 4.26. The number of carbonyl (C=O) groups is 1. The Kier molecular flexibility index (Phi) is 3.35. The molecular formula is C17H18N2O3. The Bertz CT molecular complexity index is 662. The van der Waals surface area contributed by atoms with Gasteiger partial charge in [0.05, 0.1) is 17.9 Å². The number of amides is 1. The molecule has 1 aromatic heterocycles. The van der Waals surface area contributed by atoms with Crippen LogP contribution in [0.5, 0.6) is 0 Å². The number of furan rings is 1. The number of nitrogens with zero attached hydrogens (tertiary/aromatic N) is 1. The van der Waals surface area contributed by atoms with Crippen LogP contribution in [0.25, 0.3) is 0 Å². The second-order valence-corrected chi connectivity index (χ2v) is 5.70. The lowest BCUT2D eigenvalue weighted by atomic mass is 10.1. The minimum Gasteiger partial charge on any atom is -0.465 e. The van der Waals surface area contributed by atoms with Crippen molar-refractivity contribution < 1.29 is 13.9 Å². The summed E-state index contributed by atoms with van der Waals surface area (Å²) < 4.78 is 11.2. The minimum absolute atomic E-state index is 0.0197. The molecule has 0 unspecified atom stereocenters. The average molecular weight is 298 g/mol. The molecule has 0 aliphatic carbocycles. The molecule has 5 heteroatoms. The molecule has 0 spiro atoms. The van der Waals surface area contributed by atoms with E-state index in [-0.39, 0.29) is 18.2 Å². The van der Waals surface area contributed by atoms with Crippen molar-refractivity contribution in [2.24, 2.45) is 0 Å². The molecule has 0 bridgehead atoms. The van der Waals surface area contributed by atoms with Crippen LogP contribution in [0.4, 0.5) is 5.69 Å². The third kappa shape index (κ3) is 2.27. The highest BCUT2D eigenvalue weighted by Gasteiger charge is 2.36. The highest BCUT2D eigenvalue weighted by atomic mass is 16.5. The van der Waals surface area contributed by atoms with E-state index in [4.69, 9.17) is 9.15 Å². The van der Waals surface area contributed by atoms with Crippen molar-refractivity contribution in [3.05, 3.63) is 54.0 Å². The molecule has 2 aromatic rings. The first-order valence-electron chi connectivity index (χ1n) is 7.64. The number of hydrogen-bond acceptors (Lipinski definition) is 4. The Labute approximate surface area is 128 Å². The zero-order chi connectivity index (χ0) is 14.9. The number of fused-ring (bicyclic) bond motifs is 1. The fraction of sp³-hybridized carbons (Fsp3) is 0.353. The van der Waals surface area contributed by atoms with Crippen LogP contribution >= 0.6 is 0 Å². The van der Waals surface area contributed by atoms with Crippen LogP contribution in [0.2, 0.25) is 0 Å². The van der Waals surface area contributed by atoms with Crippen molar-refractivity contribution in [1.29, 1.82) is 0 Å². The summed E-state index contributed by atoms with van der Waals surface area (Å²) in [5, 5.41) is 3.41. The molecule has 5 nitrogen and oxygen atoms in total. The van der Waals surface area contributed by atoms with Crippen LogP contribution in [0.3, 0.4) is 0 Å². The lowest BCUT2D eigenvalue weighted by molar-refractivity contribution is 0.0402. The van der Waals surface area contributed by atoms with Gasteiger partial charge in [-0.3, -0.25) is 4.79 Å². The smallest absolute Gasteiger partial charge is 0.258 e. The third-order valence-corrected chi connectivity index (χ3v) is 4.26. The summed E-state index contributed by atoms with van der Waals surface area (Å²) in [6.07, 6.45) is 3.50. The predicted octanol–water partition coefficient (Wildman–Crippen LogP) is 3.03. The Hall–Kier alpha value is -2.27. The minimum atomic E-state index is -0.290. The molecule has 4 rings (SSSR count). The van der Waals surface area contributed by atoms with Gasteiger partial charge in [-0.25, -0.2) is 0 Å². The molecule has 2 aliphatic rings. The molecule has 1 aromatic carbocycles. The zero-order valence-electron chi connectivity index (χ0n) is 12.2. The summed E-state index contributed by atoms with van der Waals surface area (Å²) in [5.41, 5.74) is 1.54. The number of nitrogens with one attached hydrogen (secondary N) is 1. The van der Waals surface area contributed by atoms with Gasteiger partial charge < -0.3 is 19.4 Å². The summed E-state index contributed by atoms with van der Waals surface area (Å²) in [4.78, 5) is 14.7. The topological polar surface area (TPSA) is 54.7 Å². The van der Waals surface area contributed by atoms with Crippen molar-refractivity contribution in [3.63, 3.8) is 0 Å². The van der Waals surface area contributed by atoms with Crippen molar-refractivity contribution >= 4 is 11.6 Å². The van der Waals surface area contributed by atoms with Gasteiger partial charge in [-0.15, -0.1) is 0 Å². The summed E-state index contributed by atoms with van der Waals surface area (Å²) in [5.74, 6) is 0.757. The molecule has 0 saturated carbocycles. The maximum absolute atomic E-state index is 12.9. The van der Waals surface area contributed by atoms with Gasteiger partial charge in [0.1, 0.15) is 5.76 Å². The molecule has 1 N–H and O–H groups in total. The van der Waals surface area contributed by atoms with E-state index >= 15 is 0 Å². The van der Waals surface area contributed by atoms with Gasteiger partial charge in [-0.05, 0) is 37.1 Å². The molecule has 2 aliphatic heterocycles. The number of benzene rings is 1. The van der Waals surface area contributed by atoms with Crippen LogP contribution < -0.4 is 5.32 Å². The number of hydrogen-bond donors (Lipinski definition) is 1. The van der Waals surface area contributed by atoms with E-state index in [2.05, 4.69) is 5.32 Å². The largest absolute Gasteiger partial charge is 0.465 e. The molecule has 0 radical (unpaired) electrons. The summed E-state index contributed by atoms with van der Waals surface area (Å²) >= 11 is 0. The molecule has 114 valence electrons.